The lowest BCUT2D eigenvalue weighted by atomic mass is 9.99. The quantitative estimate of drug-likeness (QED) is 0.287. The Kier molecular flexibility index (Phi) is 5.65. The van der Waals surface area contributed by atoms with Crippen LogP contribution in [0.1, 0.15) is 48.1 Å². The number of nitriles is 1. The van der Waals surface area contributed by atoms with Gasteiger partial charge in [-0.1, -0.05) is 49.4 Å². The van der Waals surface area contributed by atoms with Crippen LogP contribution in [-0.2, 0) is 25.9 Å². The van der Waals surface area contributed by atoms with Crippen LogP contribution in [0.4, 0.5) is 0 Å². The van der Waals surface area contributed by atoms with Gasteiger partial charge in [0.05, 0.1) is 28.4 Å². The number of benzene rings is 3. The number of imidazole rings is 2. The first-order chi connectivity index (χ1) is 17.6. The molecule has 0 N–H and O–H groups in total. The molecule has 0 saturated heterocycles. The highest BCUT2D eigenvalue weighted by Crippen LogP contribution is 2.30. The van der Waals surface area contributed by atoms with Crippen LogP contribution in [0.5, 0.6) is 0 Å². The molecular formula is C31H29N5. The van der Waals surface area contributed by atoms with Crippen molar-refractivity contribution in [3.63, 3.8) is 0 Å². The molecular weight excluding hydrogens is 442 g/mol. The molecule has 0 atom stereocenters. The van der Waals surface area contributed by atoms with Crippen LogP contribution in [0, 0.1) is 18.3 Å². The fraction of sp³-hybridized carbons (Fsp3) is 0.258. The summed E-state index contributed by atoms with van der Waals surface area (Å²) < 4.78 is 4.67. The monoisotopic (exact) mass is 471 g/mol. The zero-order valence-corrected chi connectivity index (χ0v) is 20.8. The Hall–Kier alpha value is -4.17. The number of hydrogen-bond acceptors (Lipinski definition) is 3. The maximum absolute atomic E-state index is 9.47. The van der Waals surface area contributed by atoms with Gasteiger partial charge in [0.1, 0.15) is 11.6 Å². The highest BCUT2D eigenvalue weighted by molar-refractivity contribution is 5.85. The molecule has 2 aromatic heterocycles. The second kappa shape index (κ2) is 9.13. The first-order valence-corrected chi connectivity index (χ1v) is 12.8. The number of rotatable bonds is 5. The molecule has 36 heavy (non-hydrogen) atoms. The van der Waals surface area contributed by atoms with Gasteiger partial charge in [-0.2, -0.15) is 5.26 Å². The molecule has 178 valence electrons. The predicted octanol–water partition coefficient (Wildman–Crippen LogP) is 6.69. The molecule has 5 aromatic rings. The molecule has 0 spiro atoms. The van der Waals surface area contributed by atoms with Gasteiger partial charge in [-0.25, -0.2) is 9.97 Å². The van der Waals surface area contributed by atoms with E-state index in [9.17, 15) is 5.26 Å². The Morgan fingerprint density at radius 1 is 0.972 bits per heavy atom. The highest BCUT2D eigenvalue weighted by Gasteiger charge is 2.17. The molecule has 0 saturated carbocycles. The number of nitrogens with zero attached hydrogens (tertiary/aromatic N) is 5. The molecule has 5 nitrogen and oxygen atoms in total. The van der Waals surface area contributed by atoms with Gasteiger partial charge in [0, 0.05) is 37.7 Å². The maximum atomic E-state index is 9.47. The average molecular weight is 472 g/mol. The Labute approximate surface area is 211 Å². The lowest BCUT2D eigenvalue weighted by Gasteiger charge is -2.11. The Morgan fingerprint density at radius 3 is 2.58 bits per heavy atom. The SMILES string of the molecule is CCc1nc2c(C)cc(-c3cn4c(n3)CCCC4)cc2n1Cc1ccc(-c2ccccc2C#N)cc1. The van der Waals surface area contributed by atoms with Crippen molar-refractivity contribution in [2.24, 2.45) is 0 Å². The predicted molar refractivity (Wildman–Crippen MR) is 144 cm³/mol. The van der Waals surface area contributed by atoms with E-state index in [0.717, 1.165) is 65.2 Å². The van der Waals surface area contributed by atoms with E-state index in [-0.39, 0.29) is 0 Å². The first kappa shape index (κ1) is 22.3. The molecule has 3 heterocycles. The van der Waals surface area contributed by atoms with E-state index in [1.54, 1.807) is 0 Å². The molecule has 6 rings (SSSR count). The summed E-state index contributed by atoms with van der Waals surface area (Å²) in [6.45, 7) is 6.14. The van der Waals surface area contributed by atoms with Gasteiger partial charge in [-0.15, -0.1) is 0 Å². The van der Waals surface area contributed by atoms with E-state index in [0.29, 0.717) is 5.56 Å². The minimum Gasteiger partial charge on any atom is -0.334 e. The third kappa shape index (κ3) is 3.89. The fourth-order valence-electron chi connectivity index (χ4n) is 5.39. The van der Waals surface area contributed by atoms with Crippen molar-refractivity contribution in [2.45, 2.75) is 52.6 Å². The Balaban J connectivity index is 1.38. The van der Waals surface area contributed by atoms with Gasteiger partial charge in [0.25, 0.3) is 0 Å². The summed E-state index contributed by atoms with van der Waals surface area (Å²) in [5.41, 5.74) is 9.57. The van der Waals surface area contributed by atoms with Crippen molar-refractivity contribution in [3.05, 3.63) is 95.2 Å². The number of aromatic nitrogens is 4. The third-order valence-electron chi connectivity index (χ3n) is 7.30. The van der Waals surface area contributed by atoms with Crippen LogP contribution >= 0.6 is 0 Å². The molecule has 0 amide bonds. The van der Waals surface area contributed by atoms with E-state index in [1.807, 2.05) is 24.3 Å². The second-order valence-electron chi connectivity index (χ2n) is 9.68. The van der Waals surface area contributed by atoms with Crippen LogP contribution in [-0.4, -0.2) is 19.1 Å². The number of fused-ring (bicyclic) bond motifs is 2. The lowest BCUT2D eigenvalue weighted by molar-refractivity contribution is 0.522. The minimum atomic E-state index is 0.697. The van der Waals surface area contributed by atoms with Crippen molar-refractivity contribution in [1.29, 1.82) is 5.26 Å². The van der Waals surface area contributed by atoms with Crippen LogP contribution < -0.4 is 0 Å². The van der Waals surface area contributed by atoms with Gasteiger partial charge in [0.15, 0.2) is 0 Å². The van der Waals surface area contributed by atoms with Crippen LogP contribution in [0.2, 0.25) is 0 Å². The van der Waals surface area contributed by atoms with Crippen LogP contribution in [0.25, 0.3) is 33.4 Å². The minimum absolute atomic E-state index is 0.697. The topological polar surface area (TPSA) is 59.4 Å². The maximum Gasteiger partial charge on any atom is 0.109 e. The summed E-state index contributed by atoms with van der Waals surface area (Å²) in [6, 6.07) is 23.1. The number of aryl methyl sites for hydroxylation is 4. The smallest absolute Gasteiger partial charge is 0.109 e. The van der Waals surface area contributed by atoms with E-state index in [4.69, 9.17) is 9.97 Å². The third-order valence-corrected chi connectivity index (χ3v) is 7.30. The van der Waals surface area contributed by atoms with Gasteiger partial charge in [-0.3, -0.25) is 0 Å². The molecule has 1 aliphatic heterocycles. The van der Waals surface area contributed by atoms with Crippen LogP contribution in [0.15, 0.2) is 66.9 Å². The first-order valence-electron chi connectivity index (χ1n) is 12.8. The van der Waals surface area contributed by atoms with Crippen molar-refractivity contribution < 1.29 is 0 Å². The molecule has 0 bridgehead atoms. The van der Waals surface area contributed by atoms with Crippen molar-refractivity contribution >= 4 is 11.0 Å². The van der Waals surface area contributed by atoms with Gasteiger partial charge < -0.3 is 9.13 Å². The molecule has 1 aliphatic rings. The van der Waals surface area contributed by atoms with Gasteiger partial charge >= 0.3 is 0 Å². The second-order valence-corrected chi connectivity index (χ2v) is 9.68. The Morgan fingerprint density at radius 2 is 1.81 bits per heavy atom. The van der Waals surface area contributed by atoms with Gasteiger partial charge in [0.2, 0.25) is 0 Å². The number of hydrogen-bond donors (Lipinski definition) is 0. The lowest BCUT2D eigenvalue weighted by Crippen LogP contribution is -2.08. The molecule has 3 aromatic carbocycles. The zero-order valence-electron chi connectivity index (χ0n) is 20.8. The van der Waals surface area contributed by atoms with Crippen molar-refractivity contribution in [1.82, 2.24) is 19.1 Å². The largest absolute Gasteiger partial charge is 0.334 e. The van der Waals surface area contributed by atoms with Crippen molar-refractivity contribution in [3.8, 4) is 28.5 Å². The molecule has 0 aliphatic carbocycles. The summed E-state index contributed by atoms with van der Waals surface area (Å²) in [6.07, 6.45) is 6.61. The van der Waals surface area contributed by atoms with Crippen molar-refractivity contribution in [2.75, 3.05) is 0 Å². The van der Waals surface area contributed by atoms with E-state index in [2.05, 4.69) is 71.6 Å². The summed E-state index contributed by atoms with van der Waals surface area (Å²) in [5.74, 6) is 2.29. The van der Waals surface area contributed by atoms with Gasteiger partial charge in [-0.05, 0) is 60.2 Å². The fourth-order valence-corrected chi connectivity index (χ4v) is 5.39. The average Bonchev–Trinajstić information content (AvgIpc) is 3.51. The van der Waals surface area contributed by atoms with E-state index >= 15 is 0 Å². The zero-order chi connectivity index (χ0) is 24.6. The summed E-state index contributed by atoms with van der Waals surface area (Å²) in [7, 11) is 0. The Bertz CT molecular complexity index is 1590. The summed E-state index contributed by atoms with van der Waals surface area (Å²) >= 11 is 0. The molecule has 5 heteroatoms. The van der Waals surface area contributed by atoms with E-state index in [1.165, 1.54) is 29.8 Å². The molecule has 0 fully saturated rings. The standard InChI is InChI=1S/C31H29N5/c1-3-29-34-31-21(2)16-25(27-20-35-15-7-6-10-30(35)33-27)17-28(31)36(29)19-22-11-13-23(14-12-22)26-9-5-4-8-24(26)18-32/h4-5,8-9,11-14,16-17,20H,3,6-7,10,15,19H2,1-2H3. The highest BCUT2D eigenvalue weighted by atomic mass is 15.1. The van der Waals surface area contributed by atoms with E-state index < -0.39 is 0 Å². The summed E-state index contributed by atoms with van der Waals surface area (Å²) in [5, 5.41) is 9.47. The normalized spacial score (nSPS) is 13.0. The molecule has 0 unspecified atom stereocenters. The summed E-state index contributed by atoms with van der Waals surface area (Å²) in [4.78, 5) is 9.99. The molecule has 0 radical (unpaired) electrons. The van der Waals surface area contributed by atoms with Crippen LogP contribution in [0.3, 0.4) is 0 Å².